The Morgan fingerprint density at radius 1 is 1.34 bits per heavy atom. The first-order chi connectivity index (χ1) is 14.0. The molecule has 1 fully saturated rings. The minimum atomic E-state index is -0.335. The van der Waals surface area contributed by atoms with Crippen LogP contribution in [0.1, 0.15) is 25.7 Å². The number of piperidine rings is 1. The van der Waals surface area contributed by atoms with Crippen LogP contribution in [-0.4, -0.2) is 44.7 Å². The topological polar surface area (TPSA) is 88.5 Å². The molecular weight excluding hydrogens is 456 g/mol. The number of hydrogen-bond donors (Lipinski definition) is 2. The summed E-state index contributed by atoms with van der Waals surface area (Å²) in [4.78, 5) is 18.2. The molecule has 2 aromatic heterocycles. The Balaban J connectivity index is 1.58. The number of urea groups is 1. The highest BCUT2D eigenvalue weighted by Crippen LogP contribution is 2.30. The monoisotopic (exact) mass is 476 g/mol. The highest BCUT2D eigenvalue weighted by molar-refractivity contribution is 9.10. The van der Waals surface area contributed by atoms with E-state index in [1.807, 2.05) is 30.3 Å². The SMILES string of the molecule is NC(=O)N1CCCCC1CCNc1cc(-c2ccccc2Cl)nc2c(Br)cnn12. The first-order valence-corrected chi connectivity index (χ1v) is 10.8. The van der Waals surface area contributed by atoms with Gasteiger partial charge in [0, 0.05) is 35.8 Å². The van der Waals surface area contributed by atoms with Crippen molar-refractivity contribution < 1.29 is 4.79 Å². The van der Waals surface area contributed by atoms with Gasteiger partial charge in [0.05, 0.1) is 16.4 Å². The number of nitrogens with zero attached hydrogens (tertiary/aromatic N) is 4. The molecule has 9 heteroatoms. The van der Waals surface area contributed by atoms with Gasteiger partial charge in [-0.3, -0.25) is 0 Å². The lowest BCUT2D eigenvalue weighted by Gasteiger charge is -2.34. The molecule has 3 heterocycles. The Morgan fingerprint density at radius 3 is 2.97 bits per heavy atom. The van der Waals surface area contributed by atoms with E-state index in [1.165, 1.54) is 0 Å². The lowest BCUT2D eigenvalue weighted by molar-refractivity contribution is 0.156. The summed E-state index contributed by atoms with van der Waals surface area (Å²) >= 11 is 9.90. The van der Waals surface area contributed by atoms with E-state index in [9.17, 15) is 4.79 Å². The number of hydrogen-bond acceptors (Lipinski definition) is 4. The molecule has 2 amide bonds. The minimum absolute atomic E-state index is 0.165. The second-order valence-corrected chi connectivity index (χ2v) is 8.39. The third kappa shape index (κ3) is 4.18. The maximum absolute atomic E-state index is 11.7. The zero-order valence-electron chi connectivity index (χ0n) is 15.8. The predicted octanol–water partition coefficient (Wildman–Crippen LogP) is 4.55. The van der Waals surface area contributed by atoms with Crippen molar-refractivity contribution in [3.63, 3.8) is 0 Å². The quantitative estimate of drug-likeness (QED) is 0.564. The number of halogens is 2. The molecule has 29 heavy (non-hydrogen) atoms. The Kier molecular flexibility index (Phi) is 5.91. The molecule has 3 N–H and O–H groups in total. The summed E-state index contributed by atoms with van der Waals surface area (Å²) in [6.45, 7) is 1.43. The fourth-order valence-corrected chi connectivity index (χ4v) is 4.41. The molecular formula is C20H22BrClN6O. The number of likely N-dealkylation sites (tertiary alicyclic amines) is 1. The Hall–Kier alpha value is -2.32. The minimum Gasteiger partial charge on any atom is -0.370 e. The van der Waals surface area contributed by atoms with Crippen LogP contribution in [0.25, 0.3) is 16.9 Å². The molecule has 1 saturated heterocycles. The molecule has 0 bridgehead atoms. The van der Waals surface area contributed by atoms with Gasteiger partial charge in [0.25, 0.3) is 0 Å². The van der Waals surface area contributed by atoms with E-state index >= 15 is 0 Å². The summed E-state index contributed by atoms with van der Waals surface area (Å²) < 4.78 is 2.57. The highest BCUT2D eigenvalue weighted by Gasteiger charge is 2.24. The standard InChI is InChI=1S/C20H22BrClN6O/c21-15-12-25-28-18(24-9-8-13-5-3-4-10-27(13)20(23)29)11-17(26-19(15)28)14-6-1-2-7-16(14)22/h1-2,6-7,11-13,24H,3-5,8-10H2,(H2,23,29). The number of carbonyl (C=O) groups excluding carboxylic acids is 1. The summed E-state index contributed by atoms with van der Waals surface area (Å²) in [5.41, 5.74) is 7.88. The number of amides is 2. The number of aromatic nitrogens is 3. The van der Waals surface area contributed by atoms with Crippen molar-refractivity contribution in [3.8, 4) is 11.3 Å². The van der Waals surface area contributed by atoms with Gasteiger partial charge in [0.2, 0.25) is 0 Å². The molecule has 152 valence electrons. The maximum atomic E-state index is 11.7. The molecule has 1 atom stereocenters. The zero-order chi connectivity index (χ0) is 20.4. The van der Waals surface area contributed by atoms with E-state index in [1.54, 1.807) is 15.6 Å². The van der Waals surface area contributed by atoms with Crippen molar-refractivity contribution in [2.75, 3.05) is 18.4 Å². The van der Waals surface area contributed by atoms with Crippen LogP contribution in [0.15, 0.2) is 41.0 Å². The van der Waals surface area contributed by atoms with E-state index in [0.717, 1.165) is 53.8 Å². The second-order valence-electron chi connectivity index (χ2n) is 7.13. The van der Waals surface area contributed by atoms with Crippen LogP contribution in [0.5, 0.6) is 0 Å². The van der Waals surface area contributed by atoms with Crippen LogP contribution in [0.3, 0.4) is 0 Å². The molecule has 4 rings (SSSR count). The summed E-state index contributed by atoms with van der Waals surface area (Å²) in [6, 6.07) is 9.40. The summed E-state index contributed by atoms with van der Waals surface area (Å²) in [5.74, 6) is 0.817. The highest BCUT2D eigenvalue weighted by atomic mass is 79.9. The third-order valence-corrected chi connectivity index (χ3v) is 6.16. The number of anilines is 1. The van der Waals surface area contributed by atoms with E-state index < -0.39 is 0 Å². The lowest BCUT2D eigenvalue weighted by Crippen LogP contribution is -2.47. The number of benzene rings is 1. The van der Waals surface area contributed by atoms with Crippen molar-refractivity contribution in [2.45, 2.75) is 31.7 Å². The predicted molar refractivity (Wildman–Crippen MR) is 118 cm³/mol. The van der Waals surface area contributed by atoms with Crippen molar-refractivity contribution in [1.29, 1.82) is 0 Å². The van der Waals surface area contributed by atoms with Gasteiger partial charge in [-0.25, -0.2) is 9.78 Å². The summed E-state index contributed by atoms with van der Waals surface area (Å²) in [7, 11) is 0. The number of fused-ring (bicyclic) bond motifs is 1. The average Bonchev–Trinajstić information content (AvgIpc) is 3.09. The molecule has 7 nitrogen and oxygen atoms in total. The fourth-order valence-electron chi connectivity index (χ4n) is 3.83. The van der Waals surface area contributed by atoms with Gasteiger partial charge in [-0.1, -0.05) is 29.8 Å². The van der Waals surface area contributed by atoms with Gasteiger partial charge in [0.1, 0.15) is 5.82 Å². The largest absolute Gasteiger partial charge is 0.370 e. The average molecular weight is 478 g/mol. The van der Waals surface area contributed by atoms with Crippen LogP contribution >= 0.6 is 27.5 Å². The Bertz CT molecular complexity index is 1040. The van der Waals surface area contributed by atoms with Crippen molar-refractivity contribution in [2.24, 2.45) is 5.73 Å². The number of primary amides is 1. The van der Waals surface area contributed by atoms with Gasteiger partial charge in [-0.05, 0) is 47.7 Å². The molecule has 0 spiro atoms. The smallest absolute Gasteiger partial charge is 0.315 e. The third-order valence-electron chi connectivity index (χ3n) is 5.27. The zero-order valence-corrected chi connectivity index (χ0v) is 18.2. The van der Waals surface area contributed by atoms with E-state index in [0.29, 0.717) is 17.2 Å². The molecule has 1 unspecified atom stereocenters. The normalized spacial score (nSPS) is 16.9. The Labute approximate surface area is 182 Å². The van der Waals surface area contributed by atoms with Crippen LogP contribution < -0.4 is 11.1 Å². The first kappa shape index (κ1) is 20.0. The molecule has 3 aromatic rings. The molecule has 0 saturated carbocycles. The van der Waals surface area contributed by atoms with Gasteiger partial charge >= 0.3 is 6.03 Å². The van der Waals surface area contributed by atoms with Crippen molar-refractivity contribution >= 4 is 45.0 Å². The van der Waals surface area contributed by atoms with Gasteiger partial charge in [0.15, 0.2) is 5.65 Å². The van der Waals surface area contributed by atoms with Gasteiger partial charge < -0.3 is 16.0 Å². The molecule has 1 aliphatic heterocycles. The number of nitrogens with one attached hydrogen (secondary N) is 1. The number of carbonyl (C=O) groups is 1. The first-order valence-electron chi connectivity index (χ1n) is 9.63. The fraction of sp³-hybridized carbons (Fsp3) is 0.350. The lowest BCUT2D eigenvalue weighted by atomic mass is 10.00. The van der Waals surface area contributed by atoms with Crippen LogP contribution in [0.4, 0.5) is 10.6 Å². The van der Waals surface area contributed by atoms with Crippen molar-refractivity contribution in [1.82, 2.24) is 19.5 Å². The number of nitrogens with two attached hydrogens (primary N) is 1. The van der Waals surface area contributed by atoms with Crippen LogP contribution in [0, 0.1) is 0 Å². The molecule has 1 aliphatic rings. The van der Waals surface area contributed by atoms with Gasteiger partial charge in [-0.2, -0.15) is 9.61 Å². The molecule has 0 radical (unpaired) electrons. The van der Waals surface area contributed by atoms with E-state index in [4.69, 9.17) is 22.3 Å². The van der Waals surface area contributed by atoms with Crippen LogP contribution in [0.2, 0.25) is 5.02 Å². The molecule has 1 aromatic carbocycles. The van der Waals surface area contributed by atoms with Crippen molar-refractivity contribution in [3.05, 3.63) is 46.0 Å². The molecule has 0 aliphatic carbocycles. The Morgan fingerprint density at radius 2 is 2.17 bits per heavy atom. The summed E-state index contributed by atoms with van der Waals surface area (Å²) in [6.07, 6.45) is 5.65. The summed E-state index contributed by atoms with van der Waals surface area (Å²) in [5, 5.41) is 8.51. The van der Waals surface area contributed by atoms with Crippen LogP contribution in [-0.2, 0) is 0 Å². The van der Waals surface area contributed by atoms with E-state index in [-0.39, 0.29) is 12.1 Å². The second kappa shape index (κ2) is 8.59. The maximum Gasteiger partial charge on any atom is 0.315 e. The van der Waals surface area contributed by atoms with E-state index in [2.05, 4.69) is 26.3 Å². The number of rotatable bonds is 5. The van der Waals surface area contributed by atoms with Gasteiger partial charge in [-0.15, -0.1) is 0 Å².